The lowest BCUT2D eigenvalue weighted by Gasteiger charge is -2.22. The quantitative estimate of drug-likeness (QED) is 0.572. The number of rotatable bonds is 7. The van der Waals surface area contributed by atoms with E-state index in [-0.39, 0.29) is 17.5 Å². The van der Waals surface area contributed by atoms with Crippen LogP contribution in [0.25, 0.3) is 0 Å². The molecule has 0 saturated heterocycles. The van der Waals surface area contributed by atoms with Crippen LogP contribution in [0.3, 0.4) is 0 Å². The monoisotopic (exact) mass is 443 g/mol. The molecule has 166 valence electrons. The van der Waals surface area contributed by atoms with Crippen LogP contribution in [-0.4, -0.2) is 32.8 Å². The van der Waals surface area contributed by atoms with Crippen LogP contribution >= 0.6 is 0 Å². The van der Waals surface area contributed by atoms with Gasteiger partial charge >= 0.3 is 11.8 Å². The summed E-state index contributed by atoms with van der Waals surface area (Å²) in [5, 5.41) is 5.18. The highest BCUT2D eigenvalue weighted by Crippen LogP contribution is 2.20. The van der Waals surface area contributed by atoms with Gasteiger partial charge in [-0.1, -0.05) is 49.6 Å². The van der Waals surface area contributed by atoms with Crippen LogP contribution in [0.5, 0.6) is 0 Å². The third-order valence-electron chi connectivity index (χ3n) is 5.46. The summed E-state index contributed by atoms with van der Waals surface area (Å²) in [5.41, 5.74) is 2.34. The summed E-state index contributed by atoms with van der Waals surface area (Å²) in [7, 11) is -3.53. The lowest BCUT2D eigenvalue weighted by Crippen LogP contribution is -2.36. The van der Waals surface area contributed by atoms with Crippen LogP contribution in [0.15, 0.2) is 53.4 Å². The highest BCUT2D eigenvalue weighted by Gasteiger charge is 2.21. The Morgan fingerprint density at radius 1 is 0.935 bits per heavy atom. The van der Waals surface area contributed by atoms with E-state index in [0.29, 0.717) is 12.1 Å². The first-order valence-corrected chi connectivity index (χ1v) is 12.1. The van der Waals surface area contributed by atoms with Crippen LogP contribution < -0.4 is 15.4 Å². The van der Waals surface area contributed by atoms with Gasteiger partial charge in [0.1, 0.15) is 0 Å². The van der Waals surface area contributed by atoms with Crippen molar-refractivity contribution in [2.45, 2.75) is 56.4 Å². The minimum absolute atomic E-state index is 0.0134. The second kappa shape index (κ2) is 10.5. The molecule has 0 radical (unpaired) electrons. The Hall–Kier alpha value is -2.71. The summed E-state index contributed by atoms with van der Waals surface area (Å²) in [6.45, 7) is 2.12. The highest BCUT2D eigenvalue weighted by atomic mass is 32.2. The first kappa shape index (κ1) is 23.0. The van der Waals surface area contributed by atoms with Crippen LogP contribution in [0.4, 0.5) is 5.69 Å². The third kappa shape index (κ3) is 6.63. The Balaban J connectivity index is 1.47. The van der Waals surface area contributed by atoms with E-state index in [1.165, 1.54) is 0 Å². The van der Waals surface area contributed by atoms with Crippen LogP contribution in [-0.2, 0) is 26.0 Å². The molecule has 1 saturated carbocycles. The zero-order chi connectivity index (χ0) is 22.3. The average molecular weight is 444 g/mol. The van der Waals surface area contributed by atoms with E-state index in [9.17, 15) is 18.0 Å². The van der Waals surface area contributed by atoms with Gasteiger partial charge in [-0.2, -0.15) is 0 Å². The Bertz CT molecular complexity index is 1010. The molecule has 1 fully saturated rings. The summed E-state index contributed by atoms with van der Waals surface area (Å²) in [4.78, 5) is 24.3. The molecule has 0 unspecified atom stereocenters. The van der Waals surface area contributed by atoms with Crippen LogP contribution in [0.2, 0.25) is 0 Å². The molecule has 0 atom stereocenters. The Morgan fingerprint density at radius 3 is 2.29 bits per heavy atom. The molecule has 3 rings (SSSR count). The Labute approximate surface area is 183 Å². The molecular weight excluding hydrogens is 414 g/mol. The van der Waals surface area contributed by atoms with E-state index in [2.05, 4.69) is 15.4 Å². The molecule has 1 aliphatic rings. The number of carbonyl (C=O) groups excluding carboxylic acids is 2. The molecule has 1 aliphatic carbocycles. The molecule has 2 aromatic carbocycles. The highest BCUT2D eigenvalue weighted by molar-refractivity contribution is 7.89. The van der Waals surface area contributed by atoms with E-state index in [1.807, 2.05) is 19.1 Å². The molecular formula is C23H29N3O4S. The van der Waals surface area contributed by atoms with Crippen molar-refractivity contribution in [1.82, 2.24) is 10.0 Å². The number of anilines is 1. The van der Waals surface area contributed by atoms with Gasteiger partial charge in [0, 0.05) is 18.3 Å². The largest absolute Gasteiger partial charge is 0.347 e. The fraction of sp³-hybridized carbons (Fsp3) is 0.391. The molecule has 0 heterocycles. The zero-order valence-electron chi connectivity index (χ0n) is 17.7. The second-order valence-corrected chi connectivity index (χ2v) is 9.59. The van der Waals surface area contributed by atoms with E-state index in [1.54, 1.807) is 36.4 Å². The third-order valence-corrected chi connectivity index (χ3v) is 7.00. The number of carbonyl (C=O) groups is 2. The van der Waals surface area contributed by atoms with Gasteiger partial charge in [-0.05, 0) is 55.5 Å². The van der Waals surface area contributed by atoms with Crippen molar-refractivity contribution in [2.75, 3.05) is 11.9 Å². The summed E-state index contributed by atoms with van der Waals surface area (Å²) in [5.74, 6) is -1.43. The van der Waals surface area contributed by atoms with E-state index in [4.69, 9.17) is 0 Å². The smallest absolute Gasteiger partial charge is 0.313 e. The average Bonchev–Trinajstić information content (AvgIpc) is 2.76. The first-order valence-electron chi connectivity index (χ1n) is 10.6. The van der Waals surface area contributed by atoms with Crippen molar-refractivity contribution >= 4 is 27.5 Å². The predicted octanol–water partition coefficient (Wildman–Crippen LogP) is 2.90. The first-order chi connectivity index (χ1) is 14.8. The van der Waals surface area contributed by atoms with Crippen molar-refractivity contribution in [1.29, 1.82) is 0 Å². The maximum absolute atomic E-state index is 12.6. The minimum atomic E-state index is -3.53. The fourth-order valence-corrected chi connectivity index (χ4v) is 4.94. The molecule has 8 heteroatoms. The van der Waals surface area contributed by atoms with Crippen LogP contribution in [0.1, 0.15) is 43.2 Å². The SMILES string of the molecule is Cc1ccccc1NC(=O)C(=O)NCCc1ccc(S(=O)(=O)NC2CCCCC2)cc1. The molecule has 0 aliphatic heterocycles. The summed E-state index contributed by atoms with van der Waals surface area (Å²) < 4.78 is 27.9. The standard InChI is InChI=1S/C23H29N3O4S/c1-17-7-5-6-10-21(17)25-23(28)22(27)24-16-15-18-11-13-20(14-12-18)31(29,30)26-19-8-3-2-4-9-19/h5-7,10-14,19,26H,2-4,8-9,15-16H2,1H3,(H,24,27)(H,25,28). The Kier molecular flexibility index (Phi) is 7.81. The van der Waals surface area contributed by atoms with E-state index >= 15 is 0 Å². The molecule has 31 heavy (non-hydrogen) atoms. The second-order valence-electron chi connectivity index (χ2n) is 7.88. The van der Waals surface area contributed by atoms with Gasteiger partial charge in [-0.25, -0.2) is 13.1 Å². The van der Waals surface area contributed by atoms with Crippen molar-refractivity contribution in [3.8, 4) is 0 Å². The Morgan fingerprint density at radius 2 is 1.61 bits per heavy atom. The zero-order valence-corrected chi connectivity index (χ0v) is 18.5. The van der Waals surface area contributed by atoms with E-state index in [0.717, 1.165) is 43.2 Å². The number of amides is 2. The van der Waals surface area contributed by atoms with Gasteiger partial charge in [0.25, 0.3) is 0 Å². The number of para-hydroxylation sites is 1. The fourth-order valence-electron chi connectivity index (χ4n) is 3.64. The maximum Gasteiger partial charge on any atom is 0.313 e. The van der Waals surface area contributed by atoms with Crippen LogP contribution in [0, 0.1) is 6.92 Å². The number of nitrogens with one attached hydrogen (secondary N) is 3. The molecule has 2 aromatic rings. The molecule has 3 N–H and O–H groups in total. The molecule has 7 nitrogen and oxygen atoms in total. The number of benzene rings is 2. The molecule has 2 amide bonds. The lowest BCUT2D eigenvalue weighted by molar-refractivity contribution is -0.136. The van der Waals surface area contributed by atoms with Gasteiger partial charge in [0.05, 0.1) is 4.90 Å². The number of aryl methyl sites for hydroxylation is 1. The van der Waals surface area contributed by atoms with Gasteiger partial charge in [-0.3, -0.25) is 9.59 Å². The van der Waals surface area contributed by atoms with E-state index < -0.39 is 21.8 Å². The number of hydrogen-bond acceptors (Lipinski definition) is 4. The van der Waals surface area contributed by atoms with Crippen molar-refractivity contribution < 1.29 is 18.0 Å². The summed E-state index contributed by atoms with van der Waals surface area (Å²) in [6, 6.07) is 13.9. The minimum Gasteiger partial charge on any atom is -0.347 e. The number of hydrogen-bond donors (Lipinski definition) is 3. The molecule has 0 aromatic heterocycles. The number of sulfonamides is 1. The van der Waals surface area contributed by atoms with Crippen molar-refractivity contribution in [3.63, 3.8) is 0 Å². The summed E-state index contributed by atoms with van der Waals surface area (Å²) in [6.07, 6.45) is 5.53. The molecule has 0 spiro atoms. The van der Waals surface area contributed by atoms with Crippen molar-refractivity contribution in [3.05, 3.63) is 59.7 Å². The van der Waals surface area contributed by atoms with Crippen molar-refractivity contribution in [2.24, 2.45) is 0 Å². The lowest BCUT2D eigenvalue weighted by atomic mass is 9.96. The van der Waals surface area contributed by atoms with Gasteiger partial charge < -0.3 is 10.6 Å². The predicted molar refractivity (Wildman–Crippen MR) is 120 cm³/mol. The van der Waals surface area contributed by atoms with Gasteiger partial charge in [0.2, 0.25) is 10.0 Å². The maximum atomic E-state index is 12.6. The van der Waals surface area contributed by atoms with Gasteiger partial charge in [-0.15, -0.1) is 0 Å². The normalized spacial score (nSPS) is 14.7. The van der Waals surface area contributed by atoms with Gasteiger partial charge in [0.15, 0.2) is 0 Å². The topological polar surface area (TPSA) is 104 Å². The summed E-state index contributed by atoms with van der Waals surface area (Å²) >= 11 is 0. The molecule has 0 bridgehead atoms.